The maximum absolute atomic E-state index is 13.5. The van der Waals surface area contributed by atoms with Gasteiger partial charge in [-0.1, -0.05) is 61.4 Å². The van der Waals surface area contributed by atoms with Crippen molar-refractivity contribution in [3.05, 3.63) is 90.0 Å². The smallest absolute Gasteiger partial charge is 0.258 e. The molecule has 1 heterocycles. The molecule has 0 unspecified atom stereocenters. The molecule has 39 heavy (non-hydrogen) atoms. The number of hydrogen-bond donors (Lipinski definition) is 1. The van der Waals surface area contributed by atoms with E-state index in [0.29, 0.717) is 29.4 Å². The Labute approximate surface area is 229 Å². The lowest BCUT2D eigenvalue weighted by molar-refractivity contribution is -0.117. The zero-order chi connectivity index (χ0) is 27.8. The number of carbonyl (C=O) groups excluding carboxylic acids is 2. The minimum Gasteiger partial charge on any atom is -0.497 e. The summed E-state index contributed by atoms with van der Waals surface area (Å²) in [5.74, 6) is 0.897. The molecule has 0 bridgehead atoms. The van der Waals surface area contributed by atoms with Gasteiger partial charge in [0.25, 0.3) is 5.91 Å². The van der Waals surface area contributed by atoms with E-state index in [0.717, 1.165) is 35.3 Å². The summed E-state index contributed by atoms with van der Waals surface area (Å²) < 4.78 is 12.4. The minimum atomic E-state index is -0.320. The van der Waals surface area contributed by atoms with E-state index in [2.05, 4.69) is 5.32 Å². The van der Waals surface area contributed by atoms with Gasteiger partial charge in [0.1, 0.15) is 23.9 Å². The molecule has 0 radical (unpaired) electrons. The standard InChI is InChI=1S/C31H34N4O4/c1-5-6-18-34(31(37)26-17-16-25(38-3)19-28(26)39-4)21-30(36)32-29-20-27(23-10-8-7-9-11-23)33-35(29)24-14-12-22(2)13-15-24/h7-17,19-20H,5-6,18,21H2,1-4H3,(H,32,36). The third-order valence-electron chi connectivity index (χ3n) is 6.37. The van der Waals surface area contributed by atoms with Crippen LogP contribution >= 0.6 is 0 Å². The van der Waals surface area contributed by atoms with Crippen molar-refractivity contribution in [2.45, 2.75) is 26.7 Å². The predicted octanol–water partition coefficient (Wildman–Crippen LogP) is 5.75. The van der Waals surface area contributed by atoms with E-state index in [1.165, 1.54) is 7.11 Å². The highest BCUT2D eigenvalue weighted by Crippen LogP contribution is 2.27. The SMILES string of the molecule is CCCCN(CC(=O)Nc1cc(-c2ccccc2)nn1-c1ccc(C)cc1)C(=O)c1ccc(OC)cc1OC. The van der Waals surface area contributed by atoms with Crippen molar-refractivity contribution in [2.75, 3.05) is 32.6 Å². The Balaban J connectivity index is 1.61. The second-order valence-corrected chi connectivity index (χ2v) is 9.22. The van der Waals surface area contributed by atoms with E-state index in [9.17, 15) is 9.59 Å². The Morgan fingerprint density at radius 1 is 0.949 bits per heavy atom. The zero-order valence-electron chi connectivity index (χ0n) is 22.8. The number of nitrogens with one attached hydrogen (secondary N) is 1. The number of aryl methyl sites for hydroxylation is 1. The molecule has 0 aliphatic carbocycles. The number of amides is 2. The topological polar surface area (TPSA) is 85.7 Å². The number of aromatic nitrogens is 2. The monoisotopic (exact) mass is 526 g/mol. The number of nitrogens with zero attached hydrogens (tertiary/aromatic N) is 3. The van der Waals surface area contributed by atoms with Crippen LogP contribution in [-0.2, 0) is 4.79 Å². The lowest BCUT2D eigenvalue weighted by Crippen LogP contribution is -2.39. The summed E-state index contributed by atoms with van der Waals surface area (Å²) in [5.41, 5.74) is 3.98. The molecular weight excluding hydrogens is 492 g/mol. The second-order valence-electron chi connectivity index (χ2n) is 9.22. The van der Waals surface area contributed by atoms with Crippen LogP contribution in [0.2, 0.25) is 0 Å². The van der Waals surface area contributed by atoms with Crippen molar-refractivity contribution >= 4 is 17.6 Å². The molecule has 1 aromatic heterocycles. The van der Waals surface area contributed by atoms with Gasteiger partial charge in [-0.2, -0.15) is 5.10 Å². The van der Waals surface area contributed by atoms with Gasteiger partial charge in [0.15, 0.2) is 0 Å². The molecule has 2 amide bonds. The van der Waals surface area contributed by atoms with Gasteiger partial charge in [-0.05, 0) is 37.6 Å². The normalized spacial score (nSPS) is 10.7. The van der Waals surface area contributed by atoms with Crippen LogP contribution in [0, 0.1) is 6.92 Å². The van der Waals surface area contributed by atoms with Crippen LogP contribution in [0.25, 0.3) is 16.9 Å². The van der Waals surface area contributed by atoms with Crippen LogP contribution in [0.1, 0.15) is 35.7 Å². The first kappa shape index (κ1) is 27.4. The van der Waals surface area contributed by atoms with Crippen LogP contribution in [-0.4, -0.2) is 53.8 Å². The van der Waals surface area contributed by atoms with Crippen molar-refractivity contribution in [1.29, 1.82) is 0 Å². The number of hydrogen-bond acceptors (Lipinski definition) is 5. The van der Waals surface area contributed by atoms with Gasteiger partial charge in [-0.3, -0.25) is 9.59 Å². The number of benzene rings is 3. The largest absolute Gasteiger partial charge is 0.497 e. The Morgan fingerprint density at radius 3 is 2.36 bits per heavy atom. The fourth-order valence-electron chi connectivity index (χ4n) is 4.21. The molecule has 0 spiro atoms. The summed E-state index contributed by atoms with van der Waals surface area (Å²) in [7, 11) is 3.06. The van der Waals surface area contributed by atoms with Crippen LogP contribution < -0.4 is 14.8 Å². The average molecular weight is 527 g/mol. The molecule has 0 aliphatic heterocycles. The van der Waals surface area contributed by atoms with E-state index in [4.69, 9.17) is 14.6 Å². The summed E-state index contributed by atoms with van der Waals surface area (Å²) in [6, 6.07) is 24.6. The van der Waals surface area contributed by atoms with Crippen molar-refractivity contribution in [2.24, 2.45) is 0 Å². The lowest BCUT2D eigenvalue weighted by atomic mass is 10.1. The maximum atomic E-state index is 13.5. The number of anilines is 1. The predicted molar refractivity (Wildman–Crippen MR) is 153 cm³/mol. The van der Waals surface area contributed by atoms with E-state index >= 15 is 0 Å². The number of rotatable bonds is 11. The second kappa shape index (κ2) is 12.8. The molecule has 0 atom stereocenters. The summed E-state index contributed by atoms with van der Waals surface area (Å²) in [5, 5.41) is 7.77. The molecular formula is C31H34N4O4. The first-order valence-electron chi connectivity index (χ1n) is 13.0. The lowest BCUT2D eigenvalue weighted by Gasteiger charge is -2.23. The first-order chi connectivity index (χ1) is 18.9. The van der Waals surface area contributed by atoms with E-state index < -0.39 is 0 Å². The van der Waals surface area contributed by atoms with E-state index in [1.54, 1.807) is 34.9 Å². The zero-order valence-corrected chi connectivity index (χ0v) is 22.8. The Kier molecular flexibility index (Phi) is 8.99. The Morgan fingerprint density at radius 2 is 1.69 bits per heavy atom. The van der Waals surface area contributed by atoms with Gasteiger partial charge < -0.3 is 19.7 Å². The molecule has 3 aromatic carbocycles. The quantitative estimate of drug-likeness (QED) is 0.269. The number of unbranched alkanes of at least 4 members (excludes halogenated alkanes) is 1. The summed E-state index contributed by atoms with van der Waals surface area (Å²) >= 11 is 0. The van der Waals surface area contributed by atoms with E-state index in [-0.39, 0.29) is 18.4 Å². The number of methoxy groups -OCH3 is 2. The van der Waals surface area contributed by atoms with Crippen molar-refractivity contribution < 1.29 is 19.1 Å². The van der Waals surface area contributed by atoms with Gasteiger partial charge in [0, 0.05) is 24.2 Å². The Bertz CT molecular complexity index is 1410. The third-order valence-corrected chi connectivity index (χ3v) is 6.37. The third kappa shape index (κ3) is 6.65. The molecule has 202 valence electrons. The summed E-state index contributed by atoms with van der Waals surface area (Å²) in [6.07, 6.45) is 1.64. The molecule has 8 heteroatoms. The van der Waals surface area contributed by atoms with Crippen LogP contribution in [0.5, 0.6) is 11.5 Å². The Hall–Kier alpha value is -4.59. The molecule has 1 N–H and O–H groups in total. The van der Waals surface area contributed by atoms with Gasteiger partial charge in [0.05, 0.1) is 31.2 Å². The summed E-state index contributed by atoms with van der Waals surface area (Å²) in [6.45, 7) is 4.38. The first-order valence-corrected chi connectivity index (χ1v) is 13.0. The molecule has 0 fully saturated rings. The molecule has 4 rings (SSSR count). The number of carbonyl (C=O) groups is 2. The van der Waals surface area contributed by atoms with Gasteiger partial charge in [-0.15, -0.1) is 0 Å². The molecule has 4 aromatic rings. The van der Waals surface area contributed by atoms with Gasteiger partial charge >= 0.3 is 0 Å². The molecule has 0 saturated heterocycles. The maximum Gasteiger partial charge on any atom is 0.258 e. The van der Waals surface area contributed by atoms with Crippen molar-refractivity contribution in [3.63, 3.8) is 0 Å². The average Bonchev–Trinajstić information content (AvgIpc) is 3.38. The summed E-state index contributed by atoms with van der Waals surface area (Å²) in [4.78, 5) is 28.4. The molecule has 0 saturated carbocycles. The fraction of sp³-hybridized carbons (Fsp3) is 0.258. The highest BCUT2D eigenvalue weighted by atomic mass is 16.5. The molecule has 8 nitrogen and oxygen atoms in total. The fourth-order valence-corrected chi connectivity index (χ4v) is 4.21. The minimum absolute atomic E-state index is 0.117. The van der Waals surface area contributed by atoms with Crippen LogP contribution in [0.3, 0.4) is 0 Å². The van der Waals surface area contributed by atoms with Crippen LogP contribution in [0.15, 0.2) is 78.9 Å². The van der Waals surface area contributed by atoms with E-state index in [1.807, 2.05) is 74.5 Å². The molecule has 0 aliphatic rings. The van der Waals surface area contributed by atoms with Crippen LogP contribution in [0.4, 0.5) is 5.82 Å². The highest BCUT2D eigenvalue weighted by Gasteiger charge is 2.23. The number of ether oxygens (including phenoxy) is 2. The highest BCUT2D eigenvalue weighted by molar-refractivity contribution is 6.01. The van der Waals surface area contributed by atoms with Gasteiger partial charge in [-0.25, -0.2) is 4.68 Å². The van der Waals surface area contributed by atoms with Crippen molar-refractivity contribution in [1.82, 2.24) is 14.7 Å². The van der Waals surface area contributed by atoms with Gasteiger partial charge in [0.2, 0.25) is 5.91 Å². The van der Waals surface area contributed by atoms with Crippen molar-refractivity contribution in [3.8, 4) is 28.4 Å².